The summed E-state index contributed by atoms with van der Waals surface area (Å²) >= 11 is 0. The number of hydrogen-bond donors (Lipinski definition) is 2. The molecule has 0 fully saturated rings. The summed E-state index contributed by atoms with van der Waals surface area (Å²) < 4.78 is 0. The van der Waals surface area contributed by atoms with E-state index in [4.69, 9.17) is 5.73 Å². The molecule has 86 valence electrons. The molecule has 0 saturated carbocycles. The second-order valence-electron chi connectivity index (χ2n) is 3.79. The van der Waals surface area contributed by atoms with Gasteiger partial charge in [0.15, 0.2) is 0 Å². The van der Waals surface area contributed by atoms with Crippen molar-refractivity contribution in [1.82, 2.24) is 4.90 Å². The Labute approximate surface area is 96.2 Å². The first-order chi connectivity index (χ1) is 7.90. The number of nitrogens with zero attached hydrogens (tertiary/aromatic N) is 2. The van der Waals surface area contributed by atoms with Gasteiger partial charge in [-0.1, -0.05) is 18.2 Å². The topological polar surface area (TPSA) is 53.6 Å². The van der Waals surface area contributed by atoms with E-state index in [9.17, 15) is 0 Å². The average molecular weight is 218 g/mol. The highest BCUT2D eigenvalue weighted by Crippen LogP contribution is 2.06. The SMILES string of the molecule is NCCN1CCN=C1CNc1ccccc1. The van der Waals surface area contributed by atoms with Crippen LogP contribution < -0.4 is 11.1 Å². The van der Waals surface area contributed by atoms with E-state index in [1.165, 1.54) is 0 Å². The normalized spacial score (nSPS) is 15.1. The number of nitrogens with one attached hydrogen (secondary N) is 1. The second-order valence-corrected chi connectivity index (χ2v) is 3.79. The van der Waals surface area contributed by atoms with Crippen molar-refractivity contribution in [3.63, 3.8) is 0 Å². The third kappa shape index (κ3) is 2.73. The van der Waals surface area contributed by atoms with Crippen molar-refractivity contribution in [2.45, 2.75) is 0 Å². The van der Waals surface area contributed by atoms with Crippen molar-refractivity contribution < 1.29 is 0 Å². The van der Waals surface area contributed by atoms with Crippen LogP contribution in [0.15, 0.2) is 35.3 Å². The third-order valence-corrected chi connectivity index (χ3v) is 2.65. The van der Waals surface area contributed by atoms with Gasteiger partial charge in [0.25, 0.3) is 0 Å². The molecule has 1 aromatic carbocycles. The van der Waals surface area contributed by atoms with Crippen molar-refractivity contribution in [3.05, 3.63) is 30.3 Å². The minimum absolute atomic E-state index is 0.685. The number of benzene rings is 1. The Morgan fingerprint density at radius 2 is 2.12 bits per heavy atom. The van der Waals surface area contributed by atoms with Gasteiger partial charge in [0.05, 0.1) is 13.1 Å². The van der Waals surface area contributed by atoms with Crippen LogP contribution in [-0.2, 0) is 0 Å². The largest absolute Gasteiger partial charge is 0.378 e. The number of hydrogen-bond acceptors (Lipinski definition) is 4. The Balaban J connectivity index is 1.86. The van der Waals surface area contributed by atoms with E-state index in [-0.39, 0.29) is 0 Å². The van der Waals surface area contributed by atoms with Crippen molar-refractivity contribution in [2.75, 3.05) is 38.0 Å². The summed E-state index contributed by atoms with van der Waals surface area (Å²) in [5, 5.41) is 3.36. The summed E-state index contributed by atoms with van der Waals surface area (Å²) in [7, 11) is 0. The first-order valence-electron chi connectivity index (χ1n) is 5.67. The zero-order chi connectivity index (χ0) is 11.2. The van der Waals surface area contributed by atoms with Gasteiger partial charge in [0.1, 0.15) is 5.84 Å². The second kappa shape index (κ2) is 5.51. The molecule has 1 aliphatic rings. The maximum atomic E-state index is 5.56. The maximum Gasteiger partial charge on any atom is 0.119 e. The van der Waals surface area contributed by atoms with Gasteiger partial charge in [-0.15, -0.1) is 0 Å². The first kappa shape index (κ1) is 11.0. The van der Waals surface area contributed by atoms with E-state index in [0.29, 0.717) is 6.54 Å². The van der Waals surface area contributed by atoms with E-state index in [2.05, 4.69) is 27.3 Å². The molecular formula is C12H18N4. The molecule has 16 heavy (non-hydrogen) atoms. The van der Waals surface area contributed by atoms with Crippen molar-refractivity contribution >= 4 is 11.5 Å². The zero-order valence-corrected chi connectivity index (χ0v) is 9.39. The Bertz CT molecular complexity index is 347. The highest BCUT2D eigenvalue weighted by atomic mass is 15.3. The van der Waals surface area contributed by atoms with Gasteiger partial charge in [-0.05, 0) is 12.1 Å². The van der Waals surface area contributed by atoms with Gasteiger partial charge in [0.2, 0.25) is 0 Å². The number of nitrogens with two attached hydrogens (primary N) is 1. The van der Waals surface area contributed by atoms with Gasteiger partial charge < -0.3 is 16.0 Å². The van der Waals surface area contributed by atoms with Crippen molar-refractivity contribution in [1.29, 1.82) is 0 Å². The van der Waals surface area contributed by atoms with E-state index in [1.54, 1.807) is 0 Å². The van der Waals surface area contributed by atoms with Gasteiger partial charge in [-0.2, -0.15) is 0 Å². The zero-order valence-electron chi connectivity index (χ0n) is 9.39. The highest BCUT2D eigenvalue weighted by Gasteiger charge is 2.14. The van der Waals surface area contributed by atoms with Gasteiger partial charge in [-0.25, -0.2) is 0 Å². The number of rotatable bonds is 5. The monoisotopic (exact) mass is 218 g/mol. The quantitative estimate of drug-likeness (QED) is 0.767. The molecule has 0 unspecified atom stereocenters. The highest BCUT2D eigenvalue weighted by molar-refractivity contribution is 5.87. The number of aliphatic imine (C=N–C) groups is 1. The maximum absolute atomic E-state index is 5.56. The molecule has 0 saturated heterocycles. The number of amidine groups is 1. The molecular weight excluding hydrogens is 200 g/mol. The molecule has 0 aromatic heterocycles. The minimum Gasteiger partial charge on any atom is -0.378 e. The number of para-hydroxylation sites is 1. The smallest absolute Gasteiger partial charge is 0.119 e. The van der Waals surface area contributed by atoms with Crippen LogP contribution in [0.3, 0.4) is 0 Å². The molecule has 1 aromatic rings. The fraction of sp³-hybridized carbons (Fsp3) is 0.417. The third-order valence-electron chi connectivity index (χ3n) is 2.65. The summed E-state index contributed by atoms with van der Waals surface area (Å²) in [6, 6.07) is 10.2. The first-order valence-corrected chi connectivity index (χ1v) is 5.67. The Hall–Kier alpha value is -1.55. The van der Waals surface area contributed by atoms with Crippen LogP contribution in [0.5, 0.6) is 0 Å². The van der Waals surface area contributed by atoms with Crippen LogP contribution in [-0.4, -0.2) is 43.5 Å². The van der Waals surface area contributed by atoms with Crippen LogP contribution in [0.1, 0.15) is 0 Å². The lowest BCUT2D eigenvalue weighted by atomic mass is 10.3. The fourth-order valence-corrected chi connectivity index (χ4v) is 1.83. The molecule has 0 radical (unpaired) electrons. The molecule has 0 atom stereocenters. The predicted octanol–water partition coefficient (Wildman–Crippen LogP) is 0.771. The fourth-order valence-electron chi connectivity index (χ4n) is 1.83. The van der Waals surface area contributed by atoms with Crippen LogP contribution in [0.4, 0.5) is 5.69 Å². The van der Waals surface area contributed by atoms with E-state index < -0.39 is 0 Å². The summed E-state index contributed by atoms with van der Waals surface area (Å²) in [6.45, 7) is 4.26. The van der Waals surface area contributed by atoms with Gasteiger partial charge >= 0.3 is 0 Å². The average Bonchev–Trinajstić information content (AvgIpc) is 2.76. The van der Waals surface area contributed by atoms with E-state index in [0.717, 1.165) is 37.7 Å². The molecule has 2 rings (SSSR count). The van der Waals surface area contributed by atoms with Gasteiger partial charge in [0, 0.05) is 25.3 Å². The lowest BCUT2D eigenvalue weighted by Crippen LogP contribution is -2.36. The molecule has 0 amide bonds. The lowest BCUT2D eigenvalue weighted by molar-refractivity contribution is 0.464. The van der Waals surface area contributed by atoms with Crippen LogP contribution in [0.25, 0.3) is 0 Å². The van der Waals surface area contributed by atoms with Crippen molar-refractivity contribution in [3.8, 4) is 0 Å². The summed E-state index contributed by atoms with van der Waals surface area (Å²) in [5.41, 5.74) is 6.69. The number of anilines is 1. The van der Waals surface area contributed by atoms with Crippen LogP contribution >= 0.6 is 0 Å². The van der Waals surface area contributed by atoms with Crippen molar-refractivity contribution in [2.24, 2.45) is 10.7 Å². The Kier molecular flexibility index (Phi) is 3.77. The molecule has 4 heteroatoms. The van der Waals surface area contributed by atoms with Crippen LogP contribution in [0, 0.1) is 0 Å². The molecule has 0 bridgehead atoms. The van der Waals surface area contributed by atoms with E-state index in [1.807, 2.05) is 18.2 Å². The lowest BCUT2D eigenvalue weighted by Gasteiger charge is -2.19. The molecule has 0 spiro atoms. The summed E-state index contributed by atoms with van der Waals surface area (Å²) in [5.74, 6) is 1.12. The van der Waals surface area contributed by atoms with Gasteiger partial charge in [-0.3, -0.25) is 4.99 Å². The Morgan fingerprint density at radius 1 is 1.31 bits per heavy atom. The van der Waals surface area contributed by atoms with E-state index >= 15 is 0 Å². The molecule has 1 heterocycles. The molecule has 0 aliphatic carbocycles. The molecule has 3 N–H and O–H groups in total. The Morgan fingerprint density at radius 3 is 2.88 bits per heavy atom. The standard InChI is InChI=1S/C12H18N4/c13-6-8-16-9-7-14-12(16)10-15-11-4-2-1-3-5-11/h1-5,15H,6-10,13H2. The summed E-state index contributed by atoms with van der Waals surface area (Å²) in [6.07, 6.45) is 0. The predicted molar refractivity (Wildman–Crippen MR) is 67.9 cm³/mol. The molecule has 4 nitrogen and oxygen atoms in total. The minimum atomic E-state index is 0.685. The van der Waals surface area contributed by atoms with Crippen LogP contribution in [0.2, 0.25) is 0 Å². The molecule has 1 aliphatic heterocycles. The summed E-state index contributed by atoms with van der Waals surface area (Å²) in [4.78, 5) is 6.72.